The van der Waals surface area contributed by atoms with Gasteiger partial charge in [0.25, 0.3) is 0 Å². The van der Waals surface area contributed by atoms with Crippen molar-refractivity contribution in [1.82, 2.24) is 0 Å². The van der Waals surface area contributed by atoms with E-state index in [2.05, 4.69) is 13.8 Å². The highest BCUT2D eigenvalue weighted by Gasteiger charge is 2.30. The van der Waals surface area contributed by atoms with Crippen molar-refractivity contribution in [2.24, 2.45) is 5.73 Å². The maximum atomic E-state index is 6.18. The highest BCUT2D eigenvalue weighted by molar-refractivity contribution is 4.82. The molecule has 94 valence electrons. The van der Waals surface area contributed by atoms with Gasteiger partial charge in [-0.1, -0.05) is 12.8 Å². The molecule has 16 heavy (non-hydrogen) atoms. The van der Waals surface area contributed by atoms with Crippen molar-refractivity contribution in [2.45, 2.75) is 82.8 Å². The third kappa shape index (κ3) is 3.19. The summed E-state index contributed by atoms with van der Waals surface area (Å²) in [6.07, 6.45) is 8.14. The summed E-state index contributed by atoms with van der Waals surface area (Å²) in [6.45, 7) is 4.26. The lowest BCUT2D eigenvalue weighted by atomic mass is 9.92. The third-order valence-electron chi connectivity index (χ3n) is 3.78. The van der Waals surface area contributed by atoms with Crippen LogP contribution < -0.4 is 5.73 Å². The molecule has 1 saturated heterocycles. The van der Waals surface area contributed by atoms with Crippen LogP contribution in [-0.2, 0) is 9.47 Å². The van der Waals surface area contributed by atoms with Gasteiger partial charge in [0.2, 0.25) is 0 Å². The van der Waals surface area contributed by atoms with Crippen LogP contribution in [0.1, 0.15) is 52.4 Å². The minimum absolute atomic E-state index is 0.252. The number of rotatable bonds is 2. The van der Waals surface area contributed by atoms with E-state index in [9.17, 15) is 0 Å². The van der Waals surface area contributed by atoms with Gasteiger partial charge in [0, 0.05) is 6.04 Å². The molecule has 1 heterocycles. The van der Waals surface area contributed by atoms with Crippen molar-refractivity contribution in [3.05, 3.63) is 0 Å². The first-order valence-electron chi connectivity index (χ1n) is 6.71. The molecule has 2 N–H and O–H groups in total. The van der Waals surface area contributed by atoms with Crippen LogP contribution in [0, 0.1) is 0 Å². The van der Waals surface area contributed by atoms with Crippen molar-refractivity contribution in [1.29, 1.82) is 0 Å². The maximum Gasteiger partial charge on any atom is 0.0729 e. The van der Waals surface area contributed by atoms with Crippen molar-refractivity contribution in [3.63, 3.8) is 0 Å². The first-order valence-corrected chi connectivity index (χ1v) is 6.71. The quantitative estimate of drug-likeness (QED) is 0.786. The molecule has 0 bridgehead atoms. The van der Waals surface area contributed by atoms with E-state index in [1.54, 1.807) is 0 Å². The molecule has 1 aliphatic carbocycles. The first-order chi connectivity index (χ1) is 7.65. The number of hydrogen-bond acceptors (Lipinski definition) is 3. The minimum Gasteiger partial charge on any atom is -0.375 e. The summed E-state index contributed by atoms with van der Waals surface area (Å²) < 4.78 is 11.9. The van der Waals surface area contributed by atoms with E-state index >= 15 is 0 Å². The van der Waals surface area contributed by atoms with Crippen LogP contribution in [0.4, 0.5) is 0 Å². The van der Waals surface area contributed by atoms with E-state index in [0.717, 1.165) is 25.7 Å². The van der Waals surface area contributed by atoms with Gasteiger partial charge in [-0.25, -0.2) is 0 Å². The average Bonchev–Trinajstić information content (AvgIpc) is 2.20. The van der Waals surface area contributed by atoms with Crippen molar-refractivity contribution in [2.75, 3.05) is 0 Å². The predicted molar refractivity (Wildman–Crippen MR) is 64.3 cm³/mol. The SMILES string of the molecule is CC1CC(OC2CCCCC2N)CC(C)O1. The Kier molecular flexibility index (Phi) is 4.22. The molecular weight excluding hydrogens is 202 g/mol. The monoisotopic (exact) mass is 227 g/mol. The molecule has 2 fully saturated rings. The molecule has 2 aliphatic rings. The first kappa shape index (κ1) is 12.3. The summed E-state index contributed by atoms with van der Waals surface area (Å²) in [5.41, 5.74) is 6.11. The van der Waals surface area contributed by atoms with Crippen LogP contribution in [0.25, 0.3) is 0 Å². The average molecular weight is 227 g/mol. The van der Waals surface area contributed by atoms with Gasteiger partial charge in [0.1, 0.15) is 0 Å². The summed E-state index contributed by atoms with van der Waals surface area (Å²) in [4.78, 5) is 0. The Morgan fingerprint density at radius 1 is 1.06 bits per heavy atom. The molecule has 0 radical (unpaired) electrons. The van der Waals surface area contributed by atoms with E-state index in [0.29, 0.717) is 18.3 Å². The summed E-state index contributed by atoms with van der Waals surface area (Å²) in [5.74, 6) is 0. The second-order valence-corrected chi connectivity index (χ2v) is 5.47. The summed E-state index contributed by atoms with van der Waals surface area (Å²) in [5, 5.41) is 0. The number of nitrogens with two attached hydrogens (primary N) is 1. The van der Waals surface area contributed by atoms with Crippen molar-refractivity contribution < 1.29 is 9.47 Å². The zero-order valence-corrected chi connectivity index (χ0v) is 10.5. The molecule has 0 amide bonds. The van der Waals surface area contributed by atoms with Crippen LogP contribution in [0.5, 0.6) is 0 Å². The van der Waals surface area contributed by atoms with Gasteiger partial charge < -0.3 is 15.2 Å². The molecule has 3 heteroatoms. The standard InChI is InChI=1S/C13H25NO2/c1-9-7-11(8-10(2)15-9)16-13-6-4-3-5-12(13)14/h9-13H,3-8,14H2,1-2H3. The normalized spacial score (nSPS) is 45.6. The molecule has 4 atom stereocenters. The van der Waals surface area contributed by atoms with Gasteiger partial charge in [0.15, 0.2) is 0 Å². The predicted octanol–water partition coefficient (Wildman–Crippen LogP) is 2.23. The zero-order valence-electron chi connectivity index (χ0n) is 10.5. The second kappa shape index (κ2) is 5.48. The summed E-state index contributed by atoms with van der Waals surface area (Å²) >= 11 is 0. The summed E-state index contributed by atoms with van der Waals surface area (Å²) in [7, 11) is 0. The van der Waals surface area contributed by atoms with E-state index in [1.807, 2.05) is 0 Å². The fourth-order valence-corrected chi connectivity index (χ4v) is 3.00. The molecule has 2 rings (SSSR count). The van der Waals surface area contributed by atoms with Crippen LogP contribution >= 0.6 is 0 Å². The number of hydrogen-bond donors (Lipinski definition) is 1. The second-order valence-electron chi connectivity index (χ2n) is 5.47. The Morgan fingerprint density at radius 3 is 2.31 bits per heavy atom. The van der Waals surface area contributed by atoms with E-state index in [4.69, 9.17) is 15.2 Å². The van der Waals surface area contributed by atoms with Crippen LogP contribution in [-0.4, -0.2) is 30.5 Å². The Morgan fingerprint density at radius 2 is 1.69 bits per heavy atom. The molecule has 3 nitrogen and oxygen atoms in total. The van der Waals surface area contributed by atoms with Crippen LogP contribution in [0.2, 0.25) is 0 Å². The van der Waals surface area contributed by atoms with Crippen molar-refractivity contribution >= 4 is 0 Å². The Bertz CT molecular complexity index is 212. The topological polar surface area (TPSA) is 44.5 Å². The van der Waals surface area contributed by atoms with E-state index < -0.39 is 0 Å². The van der Waals surface area contributed by atoms with Crippen molar-refractivity contribution in [3.8, 4) is 0 Å². The third-order valence-corrected chi connectivity index (χ3v) is 3.78. The molecule has 4 unspecified atom stereocenters. The lowest BCUT2D eigenvalue weighted by Crippen LogP contribution is -2.44. The fraction of sp³-hybridized carbons (Fsp3) is 1.00. The highest BCUT2D eigenvalue weighted by Crippen LogP contribution is 2.27. The minimum atomic E-state index is 0.252. The molecule has 1 aliphatic heterocycles. The smallest absolute Gasteiger partial charge is 0.0729 e. The Labute approximate surface area is 98.7 Å². The largest absolute Gasteiger partial charge is 0.375 e. The maximum absolute atomic E-state index is 6.18. The van der Waals surface area contributed by atoms with E-state index in [1.165, 1.54) is 12.8 Å². The Balaban J connectivity index is 1.83. The lowest BCUT2D eigenvalue weighted by Gasteiger charge is -2.37. The van der Waals surface area contributed by atoms with Gasteiger partial charge in [0.05, 0.1) is 24.4 Å². The highest BCUT2D eigenvalue weighted by atomic mass is 16.5. The van der Waals surface area contributed by atoms with Gasteiger partial charge in [-0.2, -0.15) is 0 Å². The molecule has 0 aromatic rings. The molecule has 0 aromatic heterocycles. The van der Waals surface area contributed by atoms with Gasteiger partial charge >= 0.3 is 0 Å². The summed E-state index contributed by atoms with van der Waals surface area (Å²) in [6, 6.07) is 0.252. The molecular formula is C13H25NO2. The number of ether oxygens (including phenoxy) is 2. The van der Waals surface area contributed by atoms with Crippen LogP contribution in [0.15, 0.2) is 0 Å². The van der Waals surface area contributed by atoms with Gasteiger partial charge in [-0.15, -0.1) is 0 Å². The fourth-order valence-electron chi connectivity index (χ4n) is 3.00. The molecule has 1 saturated carbocycles. The van der Waals surface area contributed by atoms with Gasteiger partial charge in [-0.05, 0) is 39.5 Å². The Hall–Kier alpha value is -0.120. The molecule has 0 spiro atoms. The van der Waals surface area contributed by atoms with Crippen LogP contribution in [0.3, 0.4) is 0 Å². The van der Waals surface area contributed by atoms with E-state index in [-0.39, 0.29) is 12.1 Å². The van der Waals surface area contributed by atoms with Gasteiger partial charge in [-0.3, -0.25) is 0 Å². The lowest BCUT2D eigenvalue weighted by molar-refractivity contribution is -0.129. The molecule has 0 aromatic carbocycles. The zero-order chi connectivity index (χ0) is 11.5.